The average Bonchev–Trinajstić information content (AvgIpc) is 3.29. The summed E-state index contributed by atoms with van der Waals surface area (Å²) in [4.78, 5) is 0. The van der Waals surface area contributed by atoms with Crippen molar-refractivity contribution in [1.29, 1.82) is 0 Å². The van der Waals surface area contributed by atoms with E-state index in [1.54, 1.807) is 13.8 Å². The van der Waals surface area contributed by atoms with Crippen LogP contribution in [0.1, 0.15) is 19.4 Å². The van der Waals surface area contributed by atoms with Crippen molar-refractivity contribution in [2.45, 2.75) is 28.8 Å². The summed E-state index contributed by atoms with van der Waals surface area (Å²) >= 11 is 1.83. The minimum atomic E-state index is -3.74. The maximum Gasteiger partial charge on any atom is 0.256 e. The van der Waals surface area contributed by atoms with Crippen LogP contribution in [0.3, 0.4) is 0 Å². The summed E-state index contributed by atoms with van der Waals surface area (Å²) in [6, 6.07) is 9.31. The molecule has 0 fully saturated rings. The van der Waals surface area contributed by atoms with E-state index >= 15 is 0 Å². The number of nitrogens with one attached hydrogen (secondary N) is 1. The van der Waals surface area contributed by atoms with Gasteiger partial charge < -0.3 is 21.7 Å². The minimum absolute atomic E-state index is 0.0847. The van der Waals surface area contributed by atoms with Crippen molar-refractivity contribution in [3.63, 3.8) is 0 Å². The van der Waals surface area contributed by atoms with E-state index in [1.807, 2.05) is 30.3 Å². The van der Waals surface area contributed by atoms with Crippen LogP contribution in [0.15, 0.2) is 49.5 Å². The molecule has 0 aliphatic heterocycles. The molecule has 0 saturated carbocycles. The van der Waals surface area contributed by atoms with E-state index in [-0.39, 0.29) is 44.4 Å². The molecule has 3 aromatic rings. The molecule has 0 unspecified atom stereocenters. The van der Waals surface area contributed by atoms with Crippen molar-refractivity contribution in [2.24, 2.45) is 0 Å². The molecule has 0 atom stereocenters. The zero-order valence-electron chi connectivity index (χ0n) is 17.9. The average molecular weight is 535 g/mol. The highest BCUT2D eigenvalue weighted by molar-refractivity contribution is 7.91. The van der Waals surface area contributed by atoms with E-state index in [9.17, 15) is 27.0 Å². The van der Waals surface area contributed by atoms with Crippen molar-refractivity contribution < 1.29 is 27.0 Å². The van der Waals surface area contributed by atoms with Crippen LogP contribution in [0, 0.1) is 0 Å². The van der Waals surface area contributed by atoms with Gasteiger partial charge in [-0.15, -0.1) is 22.7 Å². The van der Waals surface area contributed by atoms with E-state index in [0.29, 0.717) is 6.54 Å². The van der Waals surface area contributed by atoms with Gasteiger partial charge in [-0.25, -0.2) is 21.6 Å². The monoisotopic (exact) mass is 534 g/mol. The Balaban J connectivity index is 0.000000257. The van der Waals surface area contributed by atoms with Gasteiger partial charge in [0.05, 0.1) is 11.4 Å². The Morgan fingerprint density at radius 2 is 1.42 bits per heavy atom. The van der Waals surface area contributed by atoms with E-state index in [0.717, 1.165) is 28.2 Å². The molecule has 14 heteroatoms. The number of nitrogens with zero attached hydrogens (tertiary/aromatic N) is 1. The van der Waals surface area contributed by atoms with Gasteiger partial charge in [0.25, 0.3) is 20.0 Å². The van der Waals surface area contributed by atoms with E-state index < -0.39 is 20.0 Å². The van der Waals surface area contributed by atoms with E-state index in [2.05, 4.69) is 4.72 Å². The number of sulfonamides is 2. The van der Waals surface area contributed by atoms with Crippen LogP contribution < -0.4 is 16.2 Å². The lowest BCUT2D eigenvalue weighted by molar-refractivity contribution is 0.417. The topological polar surface area (TPSA) is 176 Å². The highest BCUT2D eigenvalue weighted by atomic mass is 32.3. The zero-order valence-corrected chi connectivity index (χ0v) is 21.2. The number of benzene rings is 1. The summed E-state index contributed by atoms with van der Waals surface area (Å²) < 4.78 is 51.1. The third-order valence-corrected chi connectivity index (χ3v) is 10.7. The molecule has 0 saturated heterocycles. The van der Waals surface area contributed by atoms with Gasteiger partial charge in [-0.3, -0.25) is 0 Å². The molecule has 7 N–H and O–H groups in total. The summed E-state index contributed by atoms with van der Waals surface area (Å²) in [7, 11) is -7.32. The summed E-state index contributed by atoms with van der Waals surface area (Å²) in [6.45, 7) is 4.27. The maximum atomic E-state index is 12.5. The first-order valence-electron chi connectivity index (χ1n) is 9.61. The quantitative estimate of drug-likeness (QED) is 0.293. The second-order valence-electron chi connectivity index (χ2n) is 6.57. The second kappa shape index (κ2) is 11.2. The van der Waals surface area contributed by atoms with Crippen LogP contribution in [-0.2, 0) is 26.6 Å². The third kappa shape index (κ3) is 6.37. The smallest absolute Gasteiger partial charge is 0.256 e. The molecule has 0 aliphatic rings. The number of nitrogens with two attached hydrogens (primary N) is 2. The molecule has 182 valence electrons. The van der Waals surface area contributed by atoms with Crippen LogP contribution in [0.5, 0.6) is 11.5 Å². The molecule has 0 bridgehead atoms. The molecule has 0 spiro atoms. The fourth-order valence-corrected chi connectivity index (χ4v) is 7.66. The van der Waals surface area contributed by atoms with E-state index in [4.69, 9.17) is 11.5 Å². The lowest BCUT2D eigenvalue weighted by Gasteiger charge is -2.19. The van der Waals surface area contributed by atoms with Crippen LogP contribution in [0.4, 0.5) is 11.4 Å². The molecule has 1 aromatic carbocycles. The Hall–Kier alpha value is -2.36. The van der Waals surface area contributed by atoms with Crippen LogP contribution in [-0.4, -0.2) is 44.4 Å². The predicted octanol–water partition coefficient (Wildman–Crippen LogP) is 2.58. The largest absolute Gasteiger partial charge is 0.504 e. The van der Waals surface area contributed by atoms with Gasteiger partial charge >= 0.3 is 0 Å². The molecule has 0 radical (unpaired) electrons. The Labute approximate surface area is 201 Å². The number of hydrogen-bond acceptors (Lipinski definition) is 10. The Morgan fingerprint density at radius 3 is 1.85 bits per heavy atom. The summed E-state index contributed by atoms with van der Waals surface area (Å²) in [5, 5.41) is 21.8. The molecular formula is C19H26N4O6S4. The number of thiophene rings is 2. The summed E-state index contributed by atoms with van der Waals surface area (Å²) in [5.41, 5.74) is 11.9. The van der Waals surface area contributed by atoms with Gasteiger partial charge in [0.1, 0.15) is 0 Å². The standard InChI is InChI=1S/C13H16N2O3S2.C6H10N2O3S2/c1-2-15(8-10-6-4-3-5-7-10)20(17,18)13-12(16)11(14)9-19-13;1-2-8-13(10,11)6-5(9)4(7)3-12-6/h3-7,9,16H,2,8,14H2,1H3;3,8-9H,2,7H2,1H3. The van der Waals surface area contributed by atoms with Gasteiger partial charge in [-0.2, -0.15) is 4.31 Å². The molecular weight excluding hydrogens is 508 g/mol. The van der Waals surface area contributed by atoms with Crippen molar-refractivity contribution in [1.82, 2.24) is 9.03 Å². The van der Waals surface area contributed by atoms with Crippen LogP contribution >= 0.6 is 22.7 Å². The second-order valence-corrected chi connectivity index (χ2v) is 12.4. The Morgan fingerprint density at radius 1 is 0.909 bits per heavy atom. The molecule has 10 nitrogen and oxygen atoms in total. The first kappa shape index (κ1) is 26.9. The van der Waals surface area contributed by atoms with Gasteiger partial charge in [0, 0.05) is 30.4 Å². The third-order valence-electron chi connectivity index (χ3n) is 4.23. The number of hydrogen-bond donors (Lipinski definition) is 5. The van der Waals surface area contributed by atoms with Gasteiger partial charge in [-0.05, 0) is 5.56 Å². The van der Waals surface area contributed by atoms with Crippen molar-refractivity contribution >= 4 is 54.1 Å². The lowest BCUT2D eigenvalue weighted by Crippen LogP contribution is -2.30. The zero-order chi connectivity index (χ0) is 24.8. The molecule has 33 heavy (non-hydrogen) atoms. The number of anilines is 2. The SMILES string of the molecule is CCN(Cc1ccccc1)S(=O)(=O)c1scc(N)c1O.CCNS(=O)(=O)c1scc(N)c1O. The van der Waals surface area contributed by atoms with Crippen molar-refractivity contribution in [3.8, 4) is 11.5 Å². The molecule has 0 amide bonds. The van der Waals surface area contributed by atoms with Crippen molar-refractivity contribution in [3.05, 3.63) is 46.7 Å². The maximum absolute atomic E-state index is 12.5. The number of aromatic hydroxyl groups is 2. The van der Waals surface area contributed by atoms with Gasteiger partial charge in [0.15, 0.2) is 19.9 Å². The fourth-order valence-electron chi connectivity index (χ4n) is 2.59. The highest BCUT2D eigenvalue weighted by Gasteiger charge is 2.29. The summed E-state index contributed by atoms with van der Waals surface area (Å²) in [5.74, 6) is -0.729. The van der Waals surface area contributed by atoms with E-state index in [1.165, 1.54) is 15.1 Å². The minimum Gasteiger partial charge on any atom is -0.504 e. The van der Waals surface area contributed by atoms with Crippen molar-refractivity contribution in [2.75, 3.05) is 24.6 Å². The normalized spacial score (nSPS) is 11.8. The Bertz CT molecular complexity index is 1270. The number of rotatable bonds is 8. The highest BCUT2D eigenvalue weighted by Crippen LogP contribution is 2.37. The first-order chi connectivity index (χ1) is 15.5. The van der Waals surface area contributed by atoms with Crippen LogP contribution in [0.2, 0.25) is 0 Å². The number of nitrogen functional groups attached to an aromatic ring is 2. The lowest BCUT2D eigenvalue weighted by atomic mass is 10.2. The van der Waals surface area contributed by atoms with Gasteiger partial charge in [-0.1, -0.05) is 44.2 Å². The fraction of sp³-hybridized carbons (Fsp3) is 0.263. The molecule has 2 heterocycles. The Kier molecular flexibility index (Phi) is 9.11. The van der Waals surface area contributed by atoms with Crippen LogP contribution in [0.25, 0.3) is 0 Å². The predicted molar refractivity (Wildman–Crippen MR) is 131 cm³/mol. The molecule has 3 rings (SSSR count). The first-order valence-corrected chi connectivity index (χ1v) is 14.3. The van der Waals surface area contributed by atoms with Gasteiger partial charge in [0.2, 0.25) is 0 Å². The molecule has 2 aromatic heterocycles. The molecule has 0 aliphatic carbocycles. The summed E-state index contributed by atoms with van der Waals surface area (Å²) in [6.07, 6.45) is 0.